The lowest BCUT2D eigenvalue weighted by Crippen LogP contribution is -2.02. The number of nitro benzene ring substituents is 1. The third-order valence-corrected chi connectivity index (χ3v) is 3.79. The van der Waals surface area contributed by atoms with Crippen molar-refractivity contribution in [1.29, 1.82) is 0 Å². The molecule has 0 radical (unpaired) electrons. The van der Waals surface area contributed by atoms with Crippen LogP contribution in [0.15, 0.2) is 51.7 Å². The van der Waals surface area contributed by atoms with E-state index in [1.807, 2.05) is 0 Å². The fourth-order valence-corrected chi connectivity index (χ4v) is 2.46. The number of fused-ring (bicyclic) bond motifs is 1. The van der Waals surface area contributed by atoms with E-state index in [0.29, 0.717) is 16.0 Å². The maximum atomic E-state index is 11.5. The molecule has 0 atom stereocenters. The molecule has 24 heavy (non-hydrogen) atoms. The summed E-state index contributed by atoms with van der Waals surface area (Å²) in [6.07, 6.45) is 0. The van der Waals surface area contributed by atoms with Crippen LogP contribution in [0.25, 0.3) is 11.0 Å². The van der Waals surface area contributed by atoms with Crippen LogP contribution in [0.2, 0.25) is 5.02 Å². The van der Waals surface area contributed by atoms with Gasteiger partial charge in [-0.05, 0) is 30.2 Å². The molecule has 0 saturated heterocycles. The Bertz CT molecular complexity index is 979. The predicted molar refractivity (Wildman–Crippen MR) is 89.7 cm³/mol. The van der Waals surface area contributed by atoms with Gasteiger partial charge in [0.25, 0.3) is 0 Å². The summed E-state index contributed by atoms with van der Waals surface area (Å²) < 4.78 is 10.7. The number of ether oxygens (including phenoxy) is 1. The molecular formula is C17H12ClNO5. The Balaban J connectivity index is 2.01. The first kappa shape index (κ1) is 16.0. The average molecular weight is 346 g/mol. The Morgan fingerprint density at radius 1 is 1.21 bits per heavy atom. The molecule has 1 aromatic heterocycles. The van der Waals surface area contributed by atoms with Gasteiger partial charge in [0.1, 0.15) is 12.2 Å². The summed E-state index contributed by atoms with van der Waals surface area (Å²) in [6.45, 7) is 1.82. The largest absolute Gasteiger partial charge is 0.482 e. The first-order valence-corrected chi connectivity index (χ1v) is 7.42. The van der Waals surface area contributed by atoms with E-state index in [2.05, 4.69) is 0 Å². The van der Waals surface area contributed by atoms with E-state index >= 15 is 0 Å². The summed E-state index contributed by atoms with van der Waals surface area (Å²) in [7, 11) is 0. The predicted octanol–water partition coefficient (Wildman–Crippen LogP) is 4.24. The summed E-state index contributed by atoms with van der Waals surface area (Å²) in [5.74, 6) is 0.0381. The van der Waals surface area contributed by atoms with Gasteiger partial charge in [-0.1, -0.05) is 23.7 Å². The van der Waals surface area contributed by atoms with Crippen molar-refractivity contribution in [3.05, 3.63) is 79.1 Å². The first-order chi connectivity index (χ1) is 11.4. The van der Waals surface area contributed by atoms with E-state index in [0.717, 1.165) is 5.56 Å². The Morgan fingerprint density at radius 3 is 2.58 bits per heavy atom. The minimum Gasteiger partial charge on any atom is -0.482 e. The number of nitro groups is 1. The monoisotopic (exact) mass is 345 g/mol. The van der Waals surface area contributed by atoms with E-state index in [9.17, 15) is 14.9 Å². The molecule has 0 bridgehead atoms. The Labute approximate surface area is 141 Å². The fraction of sp³-hybridized carbons (Fsp3) is 0.118. The molecule has 0 spiro atoms. The second kappa shape index (κ2) is 6.33. The number of nitrogens with zero attached hydrogens (tertiary/aromatic N) is 1. The van der Waals surface area contributed by atoms with Crippen LogP contribution in [0.1, 0.15) is 11.1 Å². The second-order valence-corrected chi connectivity index (χ2v) is 5.67. The fourth-order valence-electron chi connectivity index (χ4n) is 2.33. The van der Waals surface area contributed by atoms with Crippen LogP contribution in [0.4, 0.5) is 5.69 Å². The highest BCUT2D eigenvalue weighted by Crippen LogP contribution is 2.33. The van der Waals surface area contributed by atoms with Gasteiger partial charge in [0.05, 0.1) is 4.92 Å². The standard InChI is InChI=1S/C17H12ClNO5/c1-10-6-17(20)24-15-8-16(14(19(21)22)7-13(10)15)23-9-11-2-4-12(18)5-3-11/h2-8H,9H2,1H3. The number of aryl methyl sites for hydroxylation is 1. The molecule has 1 heterocycles. The topological polar surface area (TPSA) is 82.6 Å². The molecule has 0 aliphatic heterocycles. The molecule has 0 N–H and O–H groups in total. The van der Waals surface area contributed by atoms with E-state index in [4.69, 9.17) is 20.8 Å². The van der Waals surface area contributed by atoms with E-state index < -0.39 is 10.5 Å². The molecule has 6 nitrogen and oxygen atoms in total. The molecule has 3 rings (SSSR count). The van der Waals surface area contributed by atoms with Crippen molar-refractivity contribution in [2.24, 2.45) is 0 Å². The van der Waals surface area contributed by atoms with Gasteiger partial charge in [0.2, 0.25) is 5.75 Å². The molecule has 2 aromatic carbocycles. The summed E-state index contributed by atoms with van der Waals surface area (Å²) in [4.78, 5) is 22.3. The summed E-state index contributed by atoms with van der Waals surface area (Å²) >= 11 is 5.82. The minimum atomic E-state index is -0.527. The van der Waals surface area contributed by atoms with Gasteiger partial charge in [0.15, 0.2) is 0 Å². The molecule has 0 amide bonds. The number of hydrogen-bond acceptors (Lipinski definition) is 5. The van der Waals surface area contributed by atoms with Gasteiger partial charge in [-0.3, -0.25) is 10.1 Å². The number of hydrogen-bond donors (Lipinski definition) is 0. The number of rotatable bonds is 4. The van der Waals surface area contributed by atoms with Crippen molar-refractivity contribution < 1.29 is 14.1 Å². The lowest BCUT2D eigenvalue weighted by atomic mass is 10.1. The quantitative estimate of drug-likeness (QED) is 0.401. The molecular weight excluding hydrogens is 334 g/mol. The molecule has 7 heteroatoms. The molecule has 0 aliphatic rings. The molecule has 0 aliphatic carbocycles. The highest BCUT2D eigenvalue weighted by atomic mass is 35.5. The van der Waals surface area contributed by atoms with Crippen LogP contribution in [0.5, 0.6) is 5.75 Å². The van der Waals surface area contributed by atoms with Gasteiger partial charge in [0, 0.05) is 28.6 Å². The van der Waals surface area contributed by atoms with Gasteiger partial charge < -0.3 is 9.15 Å². The van der Waals surface area contributed by atoms with Crippen LogP contribution in [0, 0.1) is 17.0 Å². The van der Waals surface area contributed by atoms with Crippen LogP contribution in [-0.4, -0.2) is 4.92 Å². The lowest BCUT2D eigenvalue weighted by molar-refractivity contribution is -0.385. The highest BCUT2D eigenvalue weighted by molar-refractivity contribution is 6.30. The maximum absolute atomic E-state index is 11.5. The summed E-state index contributed by atoms with van der Waals surface area (Å²) in [5, 5.41) is 12.4. The normalized spacial score (nSPS) is 10.8. The zero-order chi connectivity index (χ0) is 17.3. The maximum Gasteiger partial charge on any atom is 0.336 e. The van der Waals surface area contributed by atoms with Crippen LogP contribution in [0.3, 0.4) is 0 Å². The van der Waals surface area contributed by atoms with Crippen molar-refractivity contribution >= 4 is 28.3 Å². The average Bonchev–Trinajstić information content (AvgIpc) is 2.53. The van der Waals surface area contributed by atoms with E-state index in [1.165, 1.54) is 18.2 Å². The Hall–Kier alpha value is -2.86. The lowest BCUT2D eigenvalue weighted by Gasteiger charge is -2.09. The molecule has 0 saturated carbocycles. The van der Waals surface area contributed by atoms with Crippen LogP contribution >= 0.6 is 11.6 Å². The van der Waals surface area contributed by atoms with E-state index in [-0.39, 0.29) is 23.6 Å². The zero-order valence-corrected chi connectivity index (χ0v) is 13.4. The summed E-state index contributed by atoms with van der Waals surface area (Å²) in [6, 6.07) is 11.0. The third-order valence-electron chi connectivity index (χ3n) is 3.54. The smallest absolute Gasteiger partial charge is 0.336 e. The van der Waals surface area contributed by atoms with Gasteiger partial charge in [-0.15, -0.1) is 0 Å². The third kappa shape index (κ3) is 3.23. The van der Waals surface area contributed by atoms with Crippen LogP contribution in [-0.2, 0) is 6.61 Å². The van der Waals surface area contributed by atoms with Crippen molar-refractivity contribution in [3.63, 3.8) is 0 Å². The van der Waals surface area contributed by atoms with Gasteiger partial charge in [-0.2, -0.15) is 0 Å². The molecule has 0 fully saturated rings. The SMILES string of the molecule is Cc1cc(=O)oc2cc(OCc3ccc(Cl)cc3)c([N+](=O)[O-])cc12. The van der Waals surface area contributed by atoms with Crippen molar-refractivity contribution in [2.45, 2.75) is 13.5 Å². The van der Waals surface area contributed by atoms with E-state index in [1.54, 1.807) is 31.2 Å². The van der Waals surface area contributed by atoms with Crippen LogP contribution < -0.4 is 10.4 Å². The highest BCUT2D eigenvalue weighted by Gasteiger charge is 2.19. The molecule has 3 aromatic rings. The Kier molecular flexibility index (Phi) is 4.22. The van der Waals surface area contributed by atoms with Gasteiger partial charge in [-0.25, -0.2) is 4.79 Å². The molecule has 122 valence electrons. The minimum absolute atomic E-state index is 0.0381. The molecule has 0 unspecified atom stereocenters. The van der Waals surface area contributed by atoms with Crippen molar-refractivity contribution in [2.75, 3.05) is 0 Å². The number of halogens is 1. The van der Waals surface area contributed by atoms with Crippen molar-refractivity contribution in [3.8, 4) is 5.75 Å². The first-order valence-electron chi connectivity index (χ1n) is 7.04. The summed E-state index contributed by atoms with van der Waals surface area (Å²) in [5.41, 5.74) is 0.954. The second-order valence-electron chi connectivity index (χ2n) is 5.24. The van der Waals surface area contributed by atoms with Gasteiger partial charge >= 0.3 is 11.3 Å². The zero-order valence-electron chi connectivity index (χ0n) is 12.6. The Morgan fingerprint density at radius 2 is 1.92 bits per heavy atom. The number of benzene rings is 2. The van der Waals surface area contributed by atoms with Crippen molar-refractivity contribution in [1.82, 2.24) is 0 Å².